The molecule has 0 aliphatic carbocycles. The van der Waals surface area contributed by atoms with Crippen LogP contribution in [0, 0.1) is 0 Å². The fourth-order valence-electron chi connectivity index (χ4n) is 0.518. The molecule has 0 heterocycles. The lowest BCUT2D eigenvalue weighted by atomic mass is 10.2. The zero-order chi connectivity index (χ0) is 8.69. The van der Waals surface area contributed by atoms with Gasteiger partial charge in [-0.15, -0.1) is 0 Å². The smallest absolute Gasteiger partial charge is 0.330 e. The molecule has 0 fully saturated rings. The maximum atomic E-state index is 10.2. The van der Waals surface area contributed by atoms with Crippen molar-refractivity contribution in [3.8, 4) is 0 Å². The molecular formula is C7H11NO3. The lowest BCUT2D eigenvalue weighted by molar-refractivity contribution is -0.132. The van der Waals surface area contributed by atoms with Crippen LogP contribution in [0.3, 0.4) is 0 Å². The molecule has 0 aromatic carbocycles. The highest BCUT2D eigenvalue weighted by Crippen LogP contribution is 1.93. The molecule has 0 saturated heterocycles. The zero-order valence-corrected chi connectivity index (χ0v) is 6.33. The van der Waals surface area contributed by atoms with Gasteiger partial charge < -0.3 is 10.4 Å². The Morgan fingerprint density at radius 3 is 2.73 bits per heavy atom. The van der Waals surface area contributed by atoms with Gasteiger partial charge in [0.15, 0.2) is 0 Å². The molecule has 4 nitrogen and oxygen atoms in total. The second kappa shape index (κ2) is 5.46. The van der Waals surface area contributed by atoms with E-state index >= 15 is 0 Å². The summed E-state index contributed by atoms with van der Waals surface area (Å²) in [6.45, 7) is 2.00. The van der Waals surface area contributed by atoms with Crippen LogP contribution in [0.2, 0.25) is 0 Å². The van der Waals surface area contributed by atoms with Crippen molar-refractivity contribution >= 4 is 12.4 Å². The molecule has 0 aliphatic heterocycles. The van der Waals surface area contributed by atoms with Crippen LogP contribution in [0.15, 0.2) is 11.6 Å². The monoisotopic (exact) mass is 157 g/mol. The summed E-state index contributed by atoms with van der Waals surface area (Å²) in [7, 11) is 0. The normalized spacial score (nSPS) is 10.8. The summed E-state index contributed by atoms with van der Waals surface area (Å²) in [5.41, 5.74) is 0.303. The number of carboxylic acids is 1. The van der Waals surface area contributed by atoms with E-state index in [9.17, 15) is 9.59 Å². The minimum Gasteiger partial charge on any atom is -0.478 e. The van der Waals surface area contributed by atoms with Gasteiger partial charge in [0.05, 0.1) is 0 Å². The van der Waals surface area contributed by atoms with E-state index in [4.69, 9.17) is 5.11 Å². The van der Waals surface area contributed by atoms with Gasteiger partial charge in [0.25, 0.3) is 0 Å². The Morgan fingerprint density at radius 2 is 2.27 bits per heavy atom. The summed E-state index contributed by atoms with van der Waals surface area (Å²) in [6, 6.07) is 0. The summed E-state index contributed by atoms with van der Waals surface area (Å²) in [5, 5.41) is 10.8. The van der Waals surface area contributed by atoms with E-state index in [0.29, 0.717) is 24.9 Å². The van der Waals surface area contributed by atoms with Crippen LogP contribution in [0.25, 0.3) is 0 Å². The van der Waals surface area contributed by atoms with Gasteiger partial charge >= 0.3 is 5.97 Å². The number of hydrogen-bond donors (Lipinski definition) is 2. The number of amides is 1. The van der Waals surface area contributed by atoms with Gasteiger partial charge in [0.2, 0.25) is 6.41 Å². The molecule has 11 heavy (non-hydrogen) atoms. The second-order valence-electron chi connectivity index (χ2n) is 2.05. The van der Waals surface area contributed by atoms with Crippen LogP contribution in [0.5, 0.6) is 0 Å². The largest absolute Gasteiger partial charge is 0.478 e. The molecule has 0 spiro atoms. The van der Waals surface area contributed by atoms with Crippen LogP contribution in [-0.2, 0) is 9.59 Å². The van der Waals surface area contributed by atoms with Gasteiger partial charge in [-0.2, -0.15) is 0 Å². The number of carbonyl (C=O) groups is 2. The van der Waals surface area contributed by atoms with E-state index in [1.165, 1.54) is 6.92 Å². The third kappa shape index (κ3) is 5.14. The van der Waals surface area contributed by atoms with Gasteiger partial charge in [-0.3, -0.25) is 4.79 Å². The lowest BCUT2D eigenvalue weighted by Gasteiger charge is -1.93. The lowest BCUT2D eigenvalue weighted by Crippen LogP contribution is -2.11. The Morgan fingerprint density at radius 1 is 1.64 bits per heavy atom. The van der Waals surface area contributed by atoms with Crippen molar-refractivity contribution in [2.24, 2.45) is 0 Å². The summed E-state index contributed by atoms with van der Waals surface area (Å²) >= 11 is 0. The van der Waals surface area contributed by atoms with Crippen molar-refractivity contribution in [1.82, 2.24) is 5.32 Å². The van der Waals surface area contributed by atoms with Crippen molar-refractivity contribution in [1.29, 1.82) is 0 Å². The first-order valence-electron chi connectivity index (χ1n) is 3.25. The Hall–Kier alpha value is -1.32. The molecule has 0 aromatic heterocycles. The molecule has 0 aliphatic rings. The first-order valence-corrected chi connectivity index (χ1v) is 3.25. The van der Waals surface area contributed by atoms with Gasteiger partial charge in [0.1, 0.15) is 0 Å². The third-order valence-corrected chi connectivity index (χ3v) is 1.16. The number of hydrogen-bond acceptors (Lipinski definition) is 2. The fourth-order valence-corrected chi connectivity index (χ4v) is 0.518. The van der Waals surface area contributed by atoms with E-state index in [2.05, 4.69) is 5.32 Å². The number of aliphatic carboxylic acids is 1. The van der Waals surface area contributed by atoms with E-state index in [1.807, 2.05) is 0 Å². The molecule has 1 amide bonds. The third-order valence-electron chi connectivity index (χ3n) is 1.16. The predicted molar refractivity (Wildman–Crippen MR) is 40.1 cm³/mol. The number of carbonyl (C=O) groups excluding carboxylic acids is 1. The Balaban J connectivity index is 3.56. The van der Waals surface area contributed by atoms with Crippen molar-refractivity contribution < 1.29 is 14.7 Å². The van der Waals surface area contributed by atoms with E-state index in [1.54, 1.807) is 6.08 Å². The summed E-state index contributed by atoms with van der Waals surface area (Å²) < 4.78 is 0. The van der Waals surface area contributed by atoms with Crippen LogP contribution in [0.1, 0.15) is 13.3 Å². The fraction of sp³-hybridized carbons (Fsp3) is 0.429. The Kier molecular flexibility index (Phi) is 4.81. The Bertz CT molecular complexity index is 175. The molecule has 0 rings (SSSR count). The number of carboxylic acid groups (broad SMARTS) is 1. The highest BCUT2D eigenvalue weighted by atomic mass is 16.4. The summed E-state index contributed by atoms with van der Waals surface area (Å²) in [5.74, 6) is -0.920. The SMILES string of the molecule is CC(=CCCNC=O)C(=O)O. The number of nitrogens with one attached hydrogen (secondary N) is 1. The molecule has 0 aromatic rings. The molecule has 4 heteroatoms. The summed E-state index contributed by atoms with van der Waals surface area (Å²) in [6.07, 6.45) is 2.71. The minimum absolute atomic E-state index is 0.303. The highest BCUT2D eigenvalue weighted by molar-refractivity contribution is 5.85. The zero-order valence-electron chi connectivity index (χ0n) is 6.33. The first kappa shape index (κ1) is 9.68. The Labute approximate surface area is 64.9 Å². The van der Waals surface area contributed by atoms with Crippen molar-refractivity contribution in [2.75, 3.05) is 6.54 Å². The molecule has 0 bridgehead atoms. The topological polar surface area (TPSA) is 66.4 Å². The average molecular weight is 157 g/mol. The summed E-state index contributed by atoms with van der Waals surface area (Å²) in [4.78, 5) is 19.9. The quantitative estimate of drug-likeness (QED) is 0.339. The van der Waals surface area contributed by atoms with Crippen molar-refractivity contribution in [3.63, 3.8) is 0 Å². The maximum Gasteiger partial charge on any atom is 0.330 e. The predicted octanol–water partition coefficient (Wildman–Crippen LogP) is 0.153. The molecule has 62 valence electrons. The standard InChI is InChI=1S/C7H11NO3/c1-6(7(10)11)3-2-4-8-5-9/h3,5H,2,4H2,1H3,(H,8,9)(H,10,11). The van der Waals surface area contributed by atoms with Crippen LogP contribution in [-0.4, -0.2) is 24.0 Å². The van der Waals surface area contributed by atoms with Crippen LogP contribution >= 0.6 is 0 Å². The van der Waals surface area contributed by atoms with E-state index in [-0.39, 0.29) is 0 Å². The first-order chi connectivity index (χ1) is 5.18. The molecule has 0 atom stereocenters. The molecule has 2 N–H and O–H groups in total. The van der Waals surface area contributed by atoms with Crippen molar-refractivity contribution in [3.05, 3.63) is 11.6 Å². The molecule has 0 radical (unpaired) electrons. The van der Waals surface area contributed by atoms with Crippen molar-refractivity contribution in [2.45, 2.75) is 13.3 Å². The minimum atomic E-state index is -0.920. The van der Waals surface area contributed by atoms with Gasteiger partial charge in [0, 0.05) is 12.1 Å². The van der Waals surface area contributed by atoms with Gasteiger partial charge in [-0.25, -0.2) is 4.79 Å². The van der Waals surface area contributed by atoms with Gasteiger partial charge in [-0.05, 0) is 13.3 Å². The van der Waals surface area contributed by atoms with Crippen LogP contribution in [0.4, 0.5) is 0 Å². The second-order valence-corrected chi connectivity index (χ2v) is 2.05. The molecule has 0 saturated carbocycles. The van der Waals surface area contributed by atoms with E-state index in [0.717, 1.165) is 0 Å². The average Bonchev–Trinajstić information content (AvgIpc) is 1.97. The molecular weight excluding hydrogens is 146 g/mol. The molecule has 0 unspecified atom stereocenters. The maximum absolute atomic E-state index is 10.2. The van der Waals surface area contributed by atoms with Gasteiger partial charge in [-0.1, -0.05) is 6.08 Å². The van der Waals surface area contributed by atoms with E-state index < -0.39 is 5.97 Å². The highest BCUT2D eigenvalue weighted by Gasteiger charge is 1.96. The number of rotatable bonds is 5. The van der Waals surface area contributed by atoms with Crippen LogP contribution < -0.4 is 5.32 Å².